The number of aryl methyl sites for hydroxylation is 1. The molecule has 1 N–H and O–H groups in total. The van der Waals surface area contributed by atoms with Crippen molar-refractivity contribution in [3.8, 4) is 34.1 Å². The summed E-state index contributed by atoms with van der Waals surface area (Å²) in [6.45, 7) is 4.18. The molecule has 1 unspecified atom stereocenters. The van der Waals surface area contributed by atoms with Crippen molar-refractivity contribution in [2.24, 2.45) is 0 Å². The number of carbonyl (C=O) groups is 1. The minimum Gasteiger partial charge on any atom is -0.493 e. The highest BCUT2D eigenvalue weighted by atomic mass is 16.5. The Labute approximate surface area is 240 Å². The van der Waals surface area contributed by atoms with Gasteiger partial charge in [-0.05, 0) is 60.4 Å². The maximum Gasteiger partial charge on any atom is 0.348 e. The van der Waals surface area contributed by atoms with Crippen LogP contribution in [0.25, 0.3) is 22.6 Å². The standard InChI is InChI=1S/C35H33NO5/c1-3-35(34(37)38,41-29-14-8-5-9-15-29)24-26-18-20-28(21-19-26)39-23-22-32-25(2)40-33(36-32)31-17-11-10-16-30(31)27-12-6-4-7-13-27/h4-21H,3,22-24H2,1-2H3,(H,37,38). The molecule has 0 aliphatic rings. The Bertz CT molecular complexity index is 1580. The number of para-hydroxylation sites is 1. The summed E-state index contributed by atoms with van der Waals surface area (Å²) < 4.78 is 18.1. The molecule has 5 rings (SSSR count). The van der Waals surface area contributed by atoms with Gasteiger partial charge in [-0.1, -0.05) is 85.8 Å². The lowest BCUT2D eigenvalue weighted by atomic mass is 9.91. The minimum absolute atomic E-state index is 0.235. The van der Waals surface area contributed by atoms with Crippen LogP contribution in [0, 0.1) is 6.92 Å². The van der Waals surface area contributed by atoms with Crippen molar-refractivity contribution in [2.45, 2.75) is 38.7 Å². The van der Waals surface area contributed by atoms with Gasteiger partial charge in [0.25, 0.3) is 0 Å². The van der Waals surface area contributed by atoms with E-state index in [2.05, 4.69) is 18.2 Å². The number of rotatable bonds is 12. The molecule has 6 heteroatoms. The third-order valence-corrected chi connectivity index (χ3v) is 7.17. The normalized spacial score (nSPS) is 12.4. The van der Waals surface area contributed by atoms with Gasteiger partial charge in [0.05, 0.1) is 12.3 Å². The molecule has 41 heavy (non-hydrogen) atoms. The van der Waals surface area contributed by atoms with Crippen LogP contribution in [0.1, 0.15) is 30.4 Å². The highest BCUT2D eigenvalue weighted by Gasteiger charge is 2.39. The third-order valence-electron chi connectivity index (χ3n) is 7.17. The second-order valence-electron chi connectivity index (χ2n) is 9.92. The largest absolute Gasteiger partial charge is 0.493 e. The monoisotopic (exact) mass is 547 g/mol. The molecule has 208 valence electrons. The van der Waals surface area contributed by atoms with Crippen molar-refractivity contribution in [2.75, 3.05) is 6.61 Å². The van der Waals surface area contributed by atoms with E-state index in [4.69, 9.17) is 18.9 Å². The van der Waals surface area contributed by atoms with Gasteiger partial charge in [0.2, 0.25) is 11.5 Å². The van der Waals surface area contributed by atoms with Gasteiger partial charge in [-0.2, -0.15) is 0 Å². The van der Waals surface area contributed by atoms with Crippen LogP contribution in [-0.4, -0.2) is 28.3 Å². The van der Waals surface area contributed by atoms with Crippen LogP contribution in [0.4, 0.5) is 0 Å². The van der Waals surface area contributed by atoms with E-state index in [9.17, 15) is 9.90 Å². The number of aliphatic carboxylic acids is 1. The molecule has 0 aliphatic carbocycles. The topological polar surface area (TPSA) is 81.8 Å². The molecule has 1 atom stereocenters. The molecule has 1 heterocycles. The molecule has 4 aromatic carbocycles. The first kappa shape index (κ1) is 27.7. The number of carboxylic acids is 1. The molecule has 5 aromatic rings. The molecule has 6 nitrogen and oxygen atoms in total. The Hall–Kier alpha value is -4.84. The quantitative estimate of drug-likeness (QED) is 0.172. The van der Waals surface area contributed by atoms with Gasteiger partial charge in [-0.3, -0.25) is 0 Å². The Morgan fingerprint density at radius 1 is 0.829 bits per heavy atom. The van der Waals surface area contributed by atoms with E-state index in [1.54, 1.807) is 12.1 Å². The lowest BCUT2D eigenvalue weighted by Crippen LogP contribution is -2.46. The molecule has 0 amide bonds. The predicted molar refractivity (Wildman–Crippen MR) is 159 cm³/mol. The first-order valence-electron chi connectivity index (χ1n) is 13.8. The first-order chi connectivity index (χ1) is 20.0. The summed E-state index contributed by atoms with van der Waals surface area (Å²) in [6.07, 6.45) is 1.15. The van der Waals surface area contributed by atoms with Crippen molar-refractivity contribution in [3.05, 3.63) is 126 Å². The zero-order chi connectivity index (χ0) is 28.7. The van der Waals surface area contributed by atoms with E-state index in [1.807, 2.05) is 92.7 Å². The summed E-state index contributed by atoms with van der Waals surface area (Å²) in [5.41, 5.74) is 3.48. The number of hydrogen-bond acceptors (Lipinski definition) is 5. The third kappa shape index (κ3) is 6.49. The summed E-state index contributed by atoms with van der Waals surface area (Å²) in [4.78, 5) is 17.0. The van der Waals surface area contributed by atoms with Crippen molar-refractivity contribution < 1.29 is 23.8 Å². The summed E-state index contributed by atoms with van der Waals surface area (Å²) in [5.74, 6) is 1.61. The van der Waals surface area contributed by atoms with Gasteiger partial charge < -0.3 is 19.0 Å². The smallest absolute Gasteiger partial charge is 0.348 e. The fourth-order valence-corrected chi connectivity index (χ4v) is 4.83. The number of benzene rings is 4. The maximum atomic E-state index is 12.3. The number of carboxylic acid groups (broad SMARTS) is 1. The average molecular weight is 548 g/mol. The van der Waals surface area contributed by atoms with E-state index in [0.717, 1.165) is 33.7 Å². The molecule has 0 radical (unpaired) electrons. The van der Waals surface area contributed by atoms with Gasteiger partial charge >= 0.3 is 5.97 Å². The van der Waals surface area contributed by atoms with E-state index in [1.165, 1.54) is 0 Å². The molecular weight excluding hydrogens is 514 g/mol. The SMILES string of the molecule is CCC(Cc1ccc(OCCc2nc(-c3ccccc3-c3ccccc3)oc2C)cc1)(Oc1ccccc1)C(=O)O. The van der Waals surface area contributed by atoms with Crippen molar-refractivity contribution in [3.63, 3.8) is 0 Å². The number of ether oxygens (including phenoxy) is 2. The van der Waals surface area contributed by atoms with Crippen molar-refractivity contribution in [1.29, 1.82) is 0 Å². The number of oxazole rings is 1. The molecule has 0 saturated heterocycles. The van der Waals surface area contributed by atoms with Crippen LogP contribution in [0.5, 0.6) is 11.5 Å². The zero-order valence-electron chi connectivity index (χ0n) is 23.2. The van der Waals surface area contributed by atoms with Crippen molar-refractivity contribution >= 4 is 5.97 Å². The summed E-state index contributed by atoms with van der Waals surface area (Å²) in [5, 5.41) is 10.0. The molecule has 0 fully saturated rings. The maximum absolute atomic E-state index is 12.3. The fraction of sp³-hybridized carbons (Fsp3) is 0.200. The number of hydrogen-bond donors (Lipinski definition) is 1. The Morgan fingerprint density at radius 3 is 2.12 bits per heavy atom. The summed E-state index contributed by atoms with van der Waals surface area (Å²) >= 11 is 0. The molecule has 0 bridgehead atoms. The average Bonchev–Trinajstić information content (AvgIpc) is 3.38. The van der Waals surface area contributed by atoms with Crippen LogP contribution >= 0.6 is 0 Å². The zero-order valence-corrected chi connectivity index (χ0v) is 23.2. The van der Waals surface area contributed by atoms with Crippen LogP contribution in [0.3, 0.4) is 0 Å². The van der Waals surface area contributed by atoms with E-state index < -0.39 is 11.6 Å². The molecule has 0 aliphatic heterocycles. The van der Waals surface area contributed by atoms with Crippen LogP contribution in [0.15, 0.2) is 114 Å². The highest BCUT2D eigenvalue weighted by molar-refractivity contribution is 5.80. The van der Waals surface area contributed by atoms with Crippen molar-refractivity contribution in [1.82, 2.24) is 4.98 Å². The lowest BCUT2D eigenvalue weighted by molar-refractivity contribution is -0.155. The Kier molecular flexibility index (Phi) is 8.49. The second-order valence-corrected chi connectivity index (χ2v) is 9.92. The Morgan fingerprint density at radius 2 is 1.46 bits per heavy atom. The molecule has 0 spiro atoms. The van der Waals surface area contributed by atoms with Gasteiger partial charge in [0, 0.05) is 18.4 Å². The van der Waals surface area contributed by atoms with E-state index in [0.29, 0.717) is 36.8 Å². The second kappa shape index (κ2) is 12.6. The first-order valence-corrected chi connectivity index (χ1v) is 13.8. The van der Waals surface area contributed by atoms with E-state index in [-0.39, 0.29) is 6.42 Å². The number of aromatic nitrogens is 1. The minimum atomic E-state index is -1.36. The Balaban J connectivity index is 1.22. The molecule has 0 saturated carbocycles. The van der Waals surface area contributed by atoms with E-state index >= 15 is 0 Å². The van der Waals surface area contributed by atoms with Crippen LogP contribution in [0.2, 0.25) is 0 Å². The summed E-state index contributed by atoms with van der Waals surface area (Å²) in [7, 11) is 0. The van der Waals surface area contributed by atoms with Crippen LogP contribution in [-0.2, 0) is 17.6 Å². The van der Waals surface area contributed by atoms with Gasteiger partial charge in [-0.25, -0.2) is 9.78 Å². The number of nitrogens with zero attached hydrogens (tertiary/aromatic N) is 1. The molecule has 1 aromatic heterocycles. The molecular formula is C35H33NO5. The van der Waals surface area contributed by atoms with Crippen LogP contribution < -0.4 is 9.47 Å². The fourth-order valence-electron chi connectivity index (χ4n) is 4.83. The lowest BCUT2D eigenvalue weighted by Gasteiger charge is -2.29. The van der Waals surface area contributed by atoms with Gasteiger partial charge in [0.15, 0.2) is 0 Å². The van der Waals surface area contributed by atoms with Gasteiger partial charge in [-0.15, -0.1) is 0 Å². The van der Waals surface area contributed by atoms with Gasteiger partial charge in [0.1, 0.15) is 17.3 Å². The highest BCUT2D eigenvalue weighted by Crippen LogP contribution is 2.32. The predicted octanol–water partition coefficient (Wildman–Crippen LogP) is 7.79. The summed E-state index contributed by atoms with van der Waals surface area (Å²) in [6, 6.07) is 34.9.